The van der Waals surface area contributed by atoms with Crippen molar-refractivity contribution in [3.8, 4) is 0 Å². The predicted molar refractivity (Wildman–Crippen MR) is 68.7 cm³/mol. The minimum atomic E-state index is -2.15. The van der Waals surface area contributed by atoms with Crippen LogP contribution in [0.3, 0.4) is 0 Å². The smallest absolute Gasteiger partial charge is 0.255 e. The molecule has 17 heavy (non-hydrogen) atoms. The maximum absolute atomic E-state index is 12.4. The van der Waals surface area contributed by atoms with Gasteiger partial charge in [-0.15, -0.1) is 0 Å². The zero-order valence-corrected chi connectivity index (χ0v) is 9.96. The van der Waals surface area contributed by atoms with Crippen LogP contribution in [0.25, 0.3) is 10.8 Å². The molecule has 1 unspecified atom stereocenters. The lowest BCUT2D eigenvalue weighted by atomic mass is 10.1. The quantitative estimate of drug-likeness (QED) is 0.649. The number of hydrogen-bond donors (Lipinski definition) is 0. The van der Waals surface area contributed by atoms with Gasteiger partial charge in [-0.3, -0.25) is 0 Å². The lowest BCUT2D eigenvalue weighted by molar-refractivity contribution is 0.568. The molecule has 0 amide bonds. The molecule has 0 spiro atoms. The topological polar surface area (TPSA) is 43.1 Å². The first-order chi connectivity index (χ1) is 8.36. The fourth-order valence-corrected chi connectivity index (χ4v) is 3.19. The summed E-state index contributed by atoms with van der Waals surface area (Å²) < 4.78 is 17.5. The SMILES string of the molecule is O=[PH](c1ncco1)c1cccc2ccccc12. The van der Waals surface area contributed by atoms with Crippen molar-refractivity contribution in [2.75, 3.05) is 0 Å². The van der Waals surface area contributed by atoms with Gasteiger partial charge in [0, 0.05) is 5.30 Å². The zero-order chi connectivity index (χ0) is 11.7. The molecule has 1 heterocycles. The molecule has 0 aliphatic carbocycles. The second-order valence-electron chi connectivity index (χ2n) is 3.69. The predicted octanol–water partition coefficient (Wildman–Crippen LogP) is 2.34. The Morgan fingerprint density at radius 2 is 1.88 bits per heavy atom. The first kappa shape index (κ1) is 10.3. The summed E-state index contributed by atoms with van der Waals surface area (Å²) in [5.41, 5.74) is 0.311. The molecule has 3 aromatic rings. The van der Waals surface area contributed by atoms with E-state index in [9.17, 15) is 4.57 Å². The molecular formula is C13H10NO2P. The Balaban J connectivity index is 2.21. The van der Waals surface area contributed by atoms with Gasteiger partial charge in [0.05, 0.1) is 6.20 Å². The molecule has 1 aromatic heterocycles. The number of nitrogens with zero attached hydrogens (tertiary/aromatic N) is 1. The standard InChI is InChI=1S/C13H10NO2P/c15-17(13-14-8-9-16-13)12-7-3-5-10-4-1-2-6-11(10)12/h1-9,17H. The van der Waals surface area contributed by atoms with E-state index >= 15 is 0 Å². The van der Waals surface area contributed by atoms with Gasteiger partial charge in [0.1, 0.15) is 6.26 Å². The minimum absolute atomic E-state index is 0.311. The van der Waals surface area contributed by atoms with E-state index in [4.69, 9.17) is 4.42 Å². The van der Waals surface area contributed by atoms with Gasteiger partial charge < -0.3 is 8.98 Å². The minimum Gasteiger partial charge on any atom is -0.442 e. The van der Waals surface area contributed by atoms with E-state index in [-0.39, 0.29) is 0 Å². The highest BCUT2D eigenvalue weighted by molar-refractivity contribution is 7.61. The Morgan fingerprint density at radius 3 is 2.71 bits per heavy atom. The van der Waals surface area contributed by atoms with Crippen LogP contribution in [0.1, 0.15) is 0 Å². The van der Waals surface area contributed by atoms with Gasteiger partial charge in [0.15, 0.2) is 7.80 Å². The Labute approximate surface area is 98.9 Å². The first-order valence-electron chi connectivity index (χ1n) is 5.28. The summed E-state index contributed by atoms with van der Waals surface area (Å²) in [4.78, 5) is 3.97. The highest BCUT2D eigenvalue weighted by Crippen LogP contribution is 2.24. The fourth-order valence-electron chi connectivity index (χ4n) is 1.87. The number of rotatable bonds is 2. The molecule has 0 aliphatic rings. The van der Waals surface area contributed by atoms with Crippen LogP contribution in [0.15, 0.2) is 59.3 Å². The third-order valence-electron chi connectivity index (χ3n) is 2.66. The number of hydrogen-bond acceptors (Lipinski definition) is 3. The summed E-state index contributed by atoms with van der Waals surface area (Å²) in [6.45, 7) is 0. The molecule has 0 radical (unpaired) electrons. The highest BCUT2D eigenvalue weighted by atomic mass is 31.1. The second kappa shape index (κ2) is 4.19. The van der Waals surface area contributed by atoms with Crippen LogP contribution in [-0.4, -0.2) is 4.98 Å². The monoisotopic (exact) mass is 243 g/mol. The molecule has 2 aromatic carbocycles. The third kappa shape index (κ3) is 1.79. The van der Waals surface area contributed by atoms with Crippen LogP contribution < -0.4 is 10.9 Å². The Hall–Kier alpha value is -1.86. The summed E-state index contributed by atoms with van der Waals surface area (Å²) in [6, 6.07) is 13.7. The lowest BCUT2D eigenvalue weighted by Gasteiger charge is -2.03. The summed E-state index contributed by atoms with van der Waals surface area (Å²) in [5.74, 6) is 0. The van der Waals surface area contributed by atoms with E-state index in [2.05, 4.69) is 4.98 Å². The molecule has 0 bridgehead atoms. The van der Waals surface area contributed by atoms with Gasteiger partial charge in [-0.1, -0.05) is 42.5 Å². The molecule has 3 nitrogen and oxygen atoms in total. The normalized spacial score (nSPS) is 12.7. The fraction of sp³-hybridized carbons (Fsp3) is 0. The average molecular weight is 243 g/mol. The number of fused-ring (bicyclic) bond motifs is 1. The van der Waals surface area contributed by atoms with Gasteiger partial charge in [0.2, 0.25) is 0 Å². The number of benzene rings is 2. The van der Waals surface area contributed by atoms with Crippen LogP contribution in [0.2, 0.25) is 0 Å². The van der Waals surface area contributed by atoms with E-state index in [1.165, 1.54) is 12.5 Å². The molecule has 0 saturated heterocycles. The maximum atomic E-state index is 12.4. The van der Waals surface area contributed by atoms with Gasteiger partial charge in [-0.05, 0) is 10.8 Å². The third-order valence-corrected chi connectivity index (χ3v) is 4.22. The van der Waals surface area contributed by atoms with E-state index in [0.717, 1.165) is 16.1 Å². The van der Waals surface area contributed by atoms with Crippen LogP contribution in [-0.2, 0) is 4.57 Å². The van der Waals surface area contributed by atoms with Crippen LogP contribution in [0.5, 0.6) is 0 Å². The maximum Gasteiger partial charge on any atom is 0.255 e. The van der Waals surface area contributed by atoms with Crippen molar-refractivity contribution in [2.24, 2.45) is 0 Å². The van der Waals surface area contributed by atoms with Crippen LogP contribution in [0.4, 0.5) is 0 Å². The zero-order valence-electron chi connectivity index (χ0n) is 8.96. The van der Waals surface area contributed by atoms with E-state index in [0.29, 0.717) is 5.63 Å². The average Bonchev–Trinajstić information content (AvgIpc) is 2.91. The summed E-state index contributed by atoms with van der Waals surface area (Å²) in [6.07, 6.45) is 2.96. The van der Waals surface area contributed by atoms with Crippen LogP contribution in [0, 0.1) is 0 Å². The Morgan fingerprint density at radius 1 is 1.06 bits per heavy atom. The molecule has 4 heteroatoms. The van der Waals surface area contributed by atoms with E-state index in [1.807, 2.05) is 42.5 Å². The van der Waals surface area contributed by atoms with Crippen molar-refractivity contribution >= 4 is 29.5 Å². The second-order valence-corrected chi connectivity index (χ2v) is 5.32. The number of aromatic nitrogens is 1. The largest absolute Gasteiger partial charge is 0.442 e. The summed E-state index contributed by atoms with van der Waals surface area (Å²) in [7, 11) is -2.15. The summed E-state index contributed by atoms with van der Waals surface area (Å²) in [5, 5.41) is 2.88. The van der Waals surface area contributed by atoms with Crippen LogP contribution >= 0.6 is 7.80 Å². The van der Waals surface area contributed by atoms with Crippen molar-refractivity contribution in [3.63, 3.8) is 0 Å². The molecule has 0 N–H and O–H groups in total. The van der Waals surface area contributed by atoms with Crippen molar-refractivity contribution in [2.45, 2.75) is 0 Å². The van der Waals surface area contributed by atoms with Gasteiger partial charge >= 0.3 is 0 Å². The van der Waals surface area contributed by atoms with Gasteiger partial charge in [0.25, 0.3) is 5.63 Å². The van der Waals surface area contributed by atoms with Gasteiger partial charge in [-0.2, -0.15) is 0 Å². The first-order valence-corrected chi connectivity index (χ1v) is 6.69. The van der Waals surface area contributed by atoms with Crippen molar-refractivity contribution in [1.29, 1.82) is 0 Å². The molecule has 0 fully saturated rings. The Bertz CT molecular complexity index is 671. The molecule has 1 atom stereocenters. The van der Waals surface area contributed by atoms with E-state index in [1.54, 1.807) is 0 Å². The van der Waals surface area contributed by atoms with E-state index < -0.39 is 7.80 Å². The van der Waals surface area contributed by atoms with Gasteiger partial charge in [-0.25, -0.2) is 4.98 Å². The lowest BCUT2D eigenvalue weighted by Crippen LogP contribution is -2.07. The summed E-state index contributed by atoms with van der Waals surface area (Å²) >= 11 is 0. The molecule has 3 rings (SSSR count). The van der Waals surface area contributed by atoms with Crippen molar-refractivity contribution in [3.05, 3.63) is 54.9 Å². The highest BCUT2D eigenvalue weighted by Gasteiger charge is 2.13. The van der Waals surface area contributed by atoms with Crippen molar-refractivity contribution in [1.82, 2.24) is 4.98 Å². The number of oxazole rings is 1. The molecule has 0 saturated carbocycles. The molecular weight excluding hydrogens is 233 g/mol. The van der Waals surface area contributed by atoms with Crippen molar-refractivity contribution < 1.29 is 8.98 Å². The molecule has 84 valence electrons. The molecule has 0 aliphatic heterocycles. The Kier molecular flexibility index (Phi) is 2.54.